The second-order valence-electron chi connectivity index (χ2n) is 7.61. The van der Waals surface area contributed by atoms with Crippen LogP contribution in [0.2, 0.25) is 0 Å². The summed E-state index contributed by atoms with van der Waals surface area (Å²) in [6.45, 7) is 6.75. The van der Waals surface area contributed by atoms with E-state index >= 15 is 0 Å². The molecule has 132 valence electrons. The number of amides is 2. The average molecular weight is 333 g/mol. The smallest absolute Gasteiger partial charge is 0.414 e. The second-order valence-corrected chi connectivity index (χ2v) is 7.61. The molecule has 0 aromatic heterocycles. The van der Waals surface area contributed by atoms with Crippen LogP contribution in [0.4, 0.5) is 4.79 Å². The number of nitrogens with two attached hydrogens (primary N) is 1. The third-order valence-corrected chi connectivity index (χ3v) is 4.58. The number of hydrogen-bond acceptors (Lipinski definition) is 3. The van der Waals surface area contributed by atoms with Crippen molar-refractivity contribution in [1.29, 1.82) is 0 Å². The van der Waals surface area contributed by atoms with Crippen LogP contribution in [0.1, 0.15) is 45.6 Å². The SMILES string of the molecule is CC(C)(C)OC(=O)[N+]1(CCCc2ccccc2)CCC[C@H]1C(N)=O. The van der Waals surface area contributed by atoms with Gasteiger partial charge in [-0.2, -0.15) is 4.79 Å². The highest BCUT2D eigenvalue weighted by Crippen LogP contribution is 2.31. The lowest BCUT2D eigenvalue weighted by molar-refractivity contribution is -0.861. The van der Waals surface area contributed by atoms with Crippen LogP contribution >= 0.6 is 0 Å². The van der Waals surface area contributed by atoms with E-state index in [9.17, 15) is 9.59 Å². The largest absolute Gasteiger partial charge is 0.517 e. The Bertz CT molecular complexity index is 580. The highest BCUT2D eigenvalue weighted by molar-refractivity contribution is 5.81. The van der Waals surface area contributed by atoms with Crippen LogP contribution in [0, 0.1) is 0 Å². The van der Waals surface area contributed by atoms with Crippen molar-refractivity contribution in [2.24, 2.45) is 5.73 Å². The second kappa shape index (κ2) is 7.34. The summed E-state index contributed by atoms with van der Waals surface area (Å²) in [7, 11) is 0. The predicted octanol–water partition coefficient (Wildman–Crippen LogP) is 3.02. The van der Waals surface area contributed by atoms with E-state index in [1.165, 1.54) is 5.56 Å². The van der Waals surface area contributed by atoms with Crippen molar-refractivity contribution in [2.75, 3.05) is 13.1 Å². The first-order chi connectivity index (χ1) is 11.2. The molecule has 1 aliphatic heterocycles. The maximum absolute atomic E-state index is 12.9. The molecule has 0 bridgehead atoms. The number of likely N-dealkylation sites (tertiary alicyclic amines) is 1. The summed E-state index contributed by atoms with van der Waals surface area (Å²) in [5, 5.41) is 0. The molecule has 1 aliphatic rings. The summed E-state index contributed by atoms with van der Waals surface area (Å²) in [6, 6.07) is 9.68. The Kier molecular flexibility index (Phi) is 5.65. The van der Waals surface area contributed by atoms with Crippen LogP contribution in [0.5, 0.6) is 0 Å². The van der Waals surface area contributed by atoms with E-state index in [2.05, 4.69) is 12.1 Å². The number of quaternary nitrogens is 1. The van der Waals surface area contributed by atoms with Crippen molar-refractivity contribution >= 4 is 12.0 Å². The molecule has 1 saturated heterocycles. The molecule has 24 heavy (non-hydrogen) atoms. The summed E-state index contributed by atoms with van der Waals surface area (Å²) in [4.78, 5) is 24.8. The molecule has 1 aromatic carbocycles. The maximum atomic E-state index is 12.9. The molecular weight excluding hydrogens is 304 g/mol. The van der Waals surface area contributed by atoms with Gasteiger partial charge in [0, 0.05) is 19.3 Å². The molecule has 0 radical (unpaired) electrons. The van der Waals surface area contributed by atoms with Crippen LogP contribution in [0.25, 0.3) is 0 Å². The number of carbonyl (C=O) groups excluding carboxylic acids is 2. The Morgan fingerprint density at radius 1 is 1.25 bits per heavy atom. The van der Waals surface area contributed by atoms with Crippen molar-refractivity contribution in [1.82, 2.24) is 0 Å². The quantitative estimate of drug-likeness (QED) is 0.842. The van der Waals surface area contributed by atoms with E-state index in [1.807, 2.05) is 39.0 Å². The van der Waals surface area contributed by atoms with E-state index < -0.39 is 17.6 Å². The van der Waals surface area contributed by atoms with Gasteiger partial charge in [0.25, 0.3) is 5.91 Å². The third kappa shape index (κ3) is 4.35. The zero-order valence-corrected chi connectivity index (χ0v) is 15.0. The van der Waals surface area contributed by atoms with Crippen molar-refractivity contribution in [3.8, 4) is 0 Å². The van der Waals surface area contributed by atoms with E-state index in [1.54, 1.807) is 0 Å². The minimum absolute atomic E-state index is 0.0411. The van der Waals surface area contributed by atoms with Crippen molar-refractivity contribution in [3.63, 3.8) is 0 Å². The van der Waals surface area contributed by atoms with Crippen LogP contribution in [0.15, 0.2) is 30.3 Å². The Hall–Kier alpha value is -1.88. The lowest BCUT2D eigenvalue weighted by Crippen LogP contribution is -2.61. The summed E-state index contributed by atoms with van der Waals surface area (Å²) in [5.41, 5.74) is 6.25. The Morgan fingerprint density at radius 2 is 1.92 bits per heavy atom. The van der Waals surface area contributed by atoms with Crippen LogP contribution in [0.3, 0.4) is 0 Å². The first kappa shape index (κ1) is 18.5. The first-order valence-electron chi connectivity index (χ1n) is 8.68. The number of rotatable bonds is 5. The molecule has 5 nitrogen and oxygen atoms in total. The molecular formula is C19H29N2O3+. The van der Waals surface area contributed by atoms with Gasteiger partial charge >= 0.3 is 6.09 Å². The lowest BCUT2D eigenvalue weighted by Gasteiger charge is -2.36. The van der Waals surface area contributed by atoms with Crippen molar-refractivity contribution in [2.45, 2.75) is 58.1 Å². The van der Waals surface area contributed by atoms with Gasteiger partial charge in [-0.05, 0) is 32.8 Å². The van der Waals surface area contributed by atoms with Gasteiger partial charge in [-0.15, -0.1) is 0 Å². The summed E-state index contributed by atoms with van der Waals surface area (Å²) < 4.78 is 5.67. The molecule has 0 aliphatic carbocycles. The molecule has 5 heteroatoms. The normalized spacial score (nSPS) is 23.9. The van der Waals surface area contributed by atoms with Gasteiger partial charge in [-0.3, -0.25) is 4.79 Å². The molecule has 1 fully saturated rings. The van der Waals surface area contributed by atoms with Gasteiger partial charge in [0.2, 0.25) is 0 Å². The van der Waals surface area contributed by atoms with Gasteiger partial charge in [-0.25, -0.2) is 4.48 Å². The Labute approximate surface area is 144 Å². The van der Waals surface area contributed by atoms with Gasteiger partial charge < -0.3 is 10.5 Å². The van der Waals surface area contributed by atoms with E-state index in [0.29, 0.717) is 19.5 Å². The molecule has 0 saturated carbocycles. The molecule has 1 heterocycles. The molecule has 2 amide bonds. The van der Waals surface area contributed by atoms with Gasteiger partial charge in [-0.1, -0.05) is 30.3 Å². The fraction of sp³-hybridized carbons (Fsp3) is 0.579. The van der Waals surface area contributed by atoms with E-state index in [-0.39, 0.29) is 10.6 Å². The lowest BCUT2D eigenvalue weighted by atomic mass is 10.1. The molecule has 2 N–H and O–H groups in total. The number of primary amides is 1. The molecule has 2 rings (SSSR count). The summed E-state index contributed by atoms with van der Waals surface area (Å²) >= 11 is 0. The monoisotopic (exact) mass is 333 g/mol. The number of aryl methyl sites for hydroxylation is 1. The zero-order chi connectivity index (χ0) is 17.8. The molecule has 0 spiro atoms. The summed E-state index contributed by atoms with van der Waals surface area (Å²) in [5.74, 6) is -0.405. The van der Waals surface area contributed by atoms with Gasteiger partial charge in [0.05, 0.1) is 13.1 Å². The van der Waals surface area contributed by atoms with E-state index in [4.69, 9.17) is 10.5 Å². The minimum atomic E-state index is -0.577. The van der Waals surface area contributed by atoms with Crippen LogP contribution in [-0.2, 0) is 16.0 Å². The van der Waals surface area contributed by atoms with Crippen LogP contribution < -0.4 is 5.73 Å². The average Bonchev–Trinajstić information content (AvgIpc) is 2.92. The first-order valence-corrected chi connectivity index (χ1v) is 8.68. The third-order valence-electron chi connectivity index (χ3n) is 4.58. The Morgan fingerprint density at radius 3 is 2.50 bits per heavy atom. The fourth-order valence-corrected chi connectivity index (χ4v) is 3.50. The molecule has 2 atom stereocenters. The van der Waals surface area contributed by atoms with Gasteiger partial charge in [0.15, 0.2) is 6.04 Å². The number of carbonyl (C=O) groups is 2. The zero-order valence-electron chi connectivity index (χ0n) is 15.0. The highest BCUT2D eigenvalue weighted by Gasteiger charge is 2.53. The molecule has 1 unspecified atom stereocenters. The molecule has 1 aromatic rings. The maximum Gasteiger partial charge on any atom is 0.517 e. The Balaban J connectivity index is 2.14. The standard InChI is InChI=1S/C19H28N2O3/c1-19(2,3)24-18(23)21(14-8-12-16(21)17(20)22)13-7-11-15-9-5-4-6-10-15/h4-6,9-10,16H,7-8,11-14H2,1-3H3,(H-,20,22)/p+1/t16-,21?/m0/s1. The van der Waals surface area contributed by atoms with Crippen LogP contribution in [-0.4, -0.2) is 41.2 Å². The number of ether oxygens (including phenoxy) is 1. The fourth-order valence-electron chi connectivity index (χ4n) is 3.50. The summed E-state index contributed by atoms with van der Waals surface area (Å²) in [6.07, 6.45) is 2.83. The topological polar surface area (TPSA) is 69.4 Å². The van der Waals surface area contributed by atoms with Crippen molar-refractivity contribution in [3.05, 3.63) is 35.9 Å². The predicted molar refractivity (Wildman–Crippen MR) is 93.2 cm³/mol. The number of nitrogens with zero attached hydrogens (tertiary/aromatic N) is 1. The van der Waals surface area contributed by atoms with E-state index in [0.717, 1.165) is 19.3 Å². The number of benzene rings is 1. The van der Waals surface area contributed by atoms with Gasteiger partial charge in [0.1, 0.15) is 5.60 Å². The minimum Gasteiger partial charge on any atom is -0.414 e. The number of hydrogen-bond donors (Lipinski definition) is 1. The highest BCUT2D eigenvalue weighted by atomic mass is 16.6. The van der Waals surface area contributed by atoms with Crippen molar-refractivity contribution < 1.29 is 18.8 Å².